The average Bonchev–Trinajstić information content (AvgIpc) is 3.01. The van der Waals surface area contributed by atoms with Gasteiger partial charge in [0, 0.05) is 17.7 Å². The van der Waals surface area contributed by atoms with Crippen LogP contribution in [0.15, 0.2) is 47.2 Å². The normalized spacial score (nSPS) is 13.3. The van der Waals surface area contributed by atoms with E-state index in [1.54, 1.807) is 11.8 Å². The van der Waals surface area contributed by atoms with Crippen LogP contribution in [0.5, 0.6) is 0 Å². The molecule has 0 fully saturated rings. The van der Waals surface area contributed by atoms with E-state index in [-0.39, 0.29) is 0 Å². The fraction of sp³-hybridized carbons (Fsp3) is 0.522. The predicted molar refractivity (Wildman–Crippen MR) is 123 cm³/mol. The van der Waals surface area contributed by atoms with Crippen molar-refractivity contribution >= 4 is 23.5 Å². The highest BCUT2D eigenvalue weighted by Gasteiger charge is 2.18. The highest BCUT2D eigenvalue weighted by molar-refractivity contribution is 7.99. The molecule has 0 aliphatic carbocycles. The second-order valence-corrected chi connectivity index (χ2v) is 8.64. The molecule has 0 bridgehead atoms. The first-order valence-corrected chi connectivity index (χ1v) is 11.1. The number of carboxylic acid groups (broad SMARTS) is 1. The molecule has 1 aromatic heterocycles. The first-order chi connectivity index (χ1) is 13.3. The van der Waals surface area contributed by atoms with Crippen molar-refractivity contribution in [2.75, 3.05) is 16.8 Å². The van der Waals surface area contributed by atoms with Crippen LogP contribution in [0.25, 0.3) is 0 Å². The third-order valence-corrected chi connectivity index (χ3v) is 5.50. The maximum atomic E-state index is 11.5. The Morgan fingerprint density at radius 1 is 1.14 bits per heavy atom. The first kappa shape index (κ1) is 24.2. The lowest BCUT2D eigenvalue weighted by Crippen LogP contribution is -2.32. The number of allylic oxidation sites excluding steroid dienone is 5. The highest BCUT2D eigenvalue weighted by Crippen LogP contribution is 2.16. The van der Waals surface area contributed by atoms with Gasteiger partial charge in [-0.3, -0.25) is 0 Å². The number of rotatable bonds is 13. The summed E-state index contributed by atoms with van der Waals surface area (Å²) < 4.78 is 0. The van der Waals surface area contributed by atoms with Gasteiger partial charge in [0.1, 0.15) is 11.9 Å². The number of carboxylic acids is 1. The summed E-state index contributed by atoms with van der Waals surface area (Å²) in [6.07, 6.45) is 13.0. The summed E-state index contributed by atoms with van der Waals surface area (Å²) in [4.78, 5) is 14.5. The summed E-state index contributed by atoms with van der Waals surface area (Å²) in [6.45, 7) is 10.6. The molecule has 1 atom stereocenters. The Balaban J connectivity index is 2.31. The topological polar surface area (TPSA) is 65.1 Å². The van der Waals surface area contributed by atoms with Crippen molar-refractivity contribution in [3.05, 3.63) is 52.8 Å². The van der Waals surface area contributed by atoms with Gasteiger partial charge in [0.25, 0.3) is 0 Å². The van der Waals surface area contributed by atoms with Gasteiger partial charge in [-0.2, -0.15) is 11.8 Å². The van der Waals surface area contributed by atoms with Crippen LogP contribution in [-0.4, -0.2) is 33.6 Å². The van der Waals surface area contributed by atoms with E-state index >= 15 is 0 Å². The van der Waals surface area contributed by atoms with E-state index in [0.717, 1.165) is 42.8 Å². The van der Waals surface area contributed by atoms with Crippen LogP contribution >= 0.6 is 11.8 Å². The molecule has 5 heteroatoms. The number of nitrogens with one attached hydrogen (secondary N) is 2. The van der Waals surface area contributed by atoms with E-state index in [1.165, 1.54) is 16.7 Å². The van der Waals surface area contributed by atoms with Gasteiger partial charge < -0.3 is 15.4 Å². The molecule has 1 aromatic rings. The molecule has 28 heavy (non-hydrogen) atoms. The lowest BCUT2D eigenvalue weighted by molar-refractivity contribution is -0.137. The van der Waals surface area contributed by atoms with E-state index in [9.17, 15) is 9.90 Å². The van der Waals surface area contributed by atoms with Gasteiger partial charge in [-0.25, -0.2) is 4.79 Å². The van der Waals surface area contributed by atoms with Gasteiger partial charge in [0.05, 0.1) is 0 Å². The van der Waals surface area contributed by atoms with E-state index in [4.69, 9.17) is 0 Å². The number of thioether (sulfide) groups is 1. The zero-order chi connectivity index (χ0) is 20.9. The van der Waals surface area contributed by atoms with Gasteiger partial charge in [-0.05, 0) is 71.9 Å². The summed E-state index contributed by atoms with van der Waals surface area (Å²) in [5, 5.41) is 12.5. The molecule has 1 heterocycles. The third-order valence-electron chi connectivity index (χ3n) is 4.53. The fourth-order valence-corrected chi connectivity index (χ4v) is 3.68. The number of hydrogen-bond acceptors (Lipinski definition) is 3. The summed E-state index contributed by atoms with van der Waals surface area (Å²) in [5.74, 6) is 1.33. The van der Waals surface area contributed by atoms with Crippen LogP contribution in [0.4, 0.5) is 5.82 Å². The molecule has 0 aliphatic heterocycles. The molecular formula is C23H36N2O2S. The fourth-order valence-electron chi connectivity index (χ4n) is 2.68. The number of anilines is 1. The molecule has 3 N–H and O–H groups in total. The SMILES string of the molecule is CC(C)=CCCC(C)=CCCC(C)=CCSCC(Nc1[nH]ccc1C)C(=O)O. The van der Waals surface area contributed by atoms with Crippen molar-refractivity contribution in [3.8, 4) is 0 Å². The van der Waals surface area contributed by atoms with Crippen LogP contribution in [0.1, 0.15) is 58.9 Å². The number of aryl methyl sites for hydroxylation is 1. The molecule has 0 radical (unpaired) electrons. The largest absolute Gasteiger partial charge is 0.480 e. The Bertz CT molecular complexity index is 697. The number of H-pyrrole nitrogens is 1. The lowest BCUT2D eigenvalue weighted by atomic mass is 10.1. The molecule has 0 aromatic carbocycles. The lowest BCUT2D eigenvalue weighted by Gasteiger charge is -2.14. The molecule has 1 unspecified atom stereocenters. The molecule has 0 spiro atoms. The standard InChI is InChI=1S/C23H36N2O2S/c1-17(2)8-6-9-18(3)10-7-11-19(4)13-15-28-16-21(23(26)27)25-22-20(5)12-14-24-22/h8,10,12-14,21,24-25H,6-7,9,11,15-16H2,1-5H3,(H,26,27). The van der Waals surface area contributed by atoms with Gasteiger partial charge >= 0.3 is 5.97 Å². The smallest absolute Gasteiger partial charge is 0.327 e. The Morgan fingerprint density at radius 2 is 1.79 bits per heavy atom. The zero-order valence-corrected chi connectivity index (χ0v) is 18.8. The summed E-state index contributed by atoms with van der Waals surface area (Å²) >= 11 is 1.64. The second-order valence-electron chi connectivity index (χ2n) is 7.57. The molecule has 0 amide bonds. The minimum absolute atomic E-state index is 0.529. The zero-order valence-electron chi connectivity index (χ0n) is 18.0. The molecule has 0 saturated heterocycles. The van der Waals surface area contributed by atoms with Crippen LogP contribution in [0.3, 0.4) is 0 Å². The minimum atomic E-state index is -0.823. The van der Waals surface area contributed by atoms with Crippen molar-refractivity contribution in [1.82, 2.24) is 4.98 Å². The van der Waals surface area contributed by atoms with Gasteiger partial charge in [0.2, 0.25) is 0 Å². The second kappa shape index (κ2) is 13.3. The quantitative estimate of drug-likeness (QED) is 0.265. The molecule has 4 nitrogen and oxygen atoms in total. The Labute approximate surface area is 174 Å². The number of carbonyl (C=O) groups is 1. The van der Waals surface area contributed by atoms with Crippen LogP contribution in [-0.2, 0) is 4.79 Å². The average molecular weight is 405 g/mol. The monoisotopic (exact) mass is 404 g/mol. The van der Waals surface area contributed by atoms with Crippen LogP contribution in [0, 0.1) is 6.92 Å². The number of hydrogen-bond donors (Lipinski definition) is 3. The summed E-state index contributed by atoms with van der Waals surface area (Å²) in [5.41, 5.74) is 5.22. The number of aromatic nitrogens is 1. The van der Waals surface area contributed by atoms with Crippen molar-refractivity contribution in [1.29, 1.82) is 0 Å². The van der Waals surface area contributed by atoms with E-state index in [1.807, 2.05) is 19.2 Å². The summed E-state index contributed by atoms with van der Waals surface area (Å²) in [6, 6.07) is 1.33. The molecule has 156 valence electrons. The van der Waals surface area contributed by atoms with Crippen molar-refractivity contribution < 1.29 is 9.90 Å². The number of aliphatic carboxylic acids is 1. The first-order valence-electron chi connectivity index (χ1n) is 9.95. The Kier molecular flexibility index (Phi) is 11.5. The highest BCUT2D eigenvalue weighted by atomic mass is 32.2. The molecule has 0 aliphatic rings. The predicted octanol–water partition coefficient (Wildman–Crippen LogP) is 6.34. The summed E-state index contributed by atoms with van der Waals surface area (Å²) in [7, 11) is 0. The van der Waals surface area contributed by atoms with Crippen molar-refractivity contribution in [2.45, 2.75) is 66.3 Å². The van der Waals surface area contributed by atoms with E-state index in [0.29, 0.717) is 5.75 Å². The van der Waals surface area contributed by atoms with E-state index in [2.05, 4.69) is 56.2 Å². The maximum absolute atomic E-state index is 11.5. The van der Waals surface area contributed by atoms with E-state index < -0.39 is 12.0 Å². The van der Waals surface area contributed by atoms with Crippen LogP contribution < -0.4 is 5.32 Å². The van der Waals surface area contributed by atoms with Gasteiger partial charge in [-0.15, -0.1) is 0 Å². The third kappa shape index (κ3) is 10.5. The van der Waals surface area contributed by atoms with Gasteiger partial charge in [-0.1, -0.05) is 34.9 Å². The van der Waals surface area contributed by atoms with Gasteiger partial charge in [0.15, 0.2) is 0 Å². The number of aromatic amines is 1. The molecule has 1 rings (SSSR count). The molecular weight excluding hydrogens is 368 g/mol. The Hall–Kier alpha value is -1.88. The minimum Gasteiger partial charge on any atom is -0.480 e. The Morgan fingerprint density at radius 3 is 2.36 bits per heavy atom. The van der Waals surface area contributed by atoms with Crippen molar-refractivity contribution in [3.63, 3.8) is 0 Å². The molecule has 0 saturated carbocycles. The maximum Gasteiger partial charge on any atom is 0.327 e. The van der Waals surface area contributed by atoms with Crippen LogP contribution in [0.2, 0.25) is 0 Å². The van der Waals surface area contributed by atoms with Crippen molar-refractivity contribution in [2.24, 2.45) is 0 Å².